The van der Waals surface area contributed by atoms with Gasteiger partial charge in [-0.3, -0.25) is 9.69 Å². The Morgan fingerprint density at radius 1 is 1.22 bits per heavy atom. The number of hydrogen-bond donors (Lipinski definition) is 2. The topological polar surface area (TPSA) is 84.1 Å². The molecule has 1 atom stereocenters. The Labute approximate surface area is 156 Å². The number of carbonyl (C=O) groups excluding carboxylic acids is 1. The Morgan fingerprint density at radius 2 is 2.04 bits per heavy atom. The second-order valence-corrected chi connectivity index (χ2v) is 6.63. The fourth-order valence-corrected chi connectivity index (χ4v) is 3.44. The van der Waals surface area contributed by atoms with Gasteiger partial charge in [-0.05, 0) is 36.2 Å². The average molecular weight is 365 g/mol. The van der Waals surface area contributed by atoms with E-state index < -0.39 is 5.91 Å². The molecule has 1 aliphatic rings. The molecule has 0 unspecified atom stereocenters. The summed E-state index contributed by atoms with van der Waals surface area (Å²) in [5, 5.41) is 4.09. The van der Waals surface area contributed by atoms with Gasteiger partial charge in [0.1, 0.15) is 18.0 Å². The number of primary amides is 1. The minimum absolute atomic E-state index is 0.0405. The van der Waals surface area contributed by atoms with Gasteiger partial charge in [0.2, 0.25) is 0 Å². The third-order valence-corrected chi connectivity index (χ3v) is 4.96. The summed E-state index contributed by atoms with van der Waals surface area (Å²) in [5.74, 6) is -0.134. The number of nitrogens with zero attached hydrogens (tertiary/aromatic N) is 3. The lowest BCUT2D eigenvalue weighted by atomic mass is 10.0. The second kappa shape index (κ2) is 7.28. The SMILES string of the molecule is NC(=O)c1cccc2c(NC[C@H](c3cccc(F)c3)N3CCC3)ncnc12. The largest absolute Gasteiger partial charge is 0.368 e. The van der Waals surface area contributed by atoms with Crippen LogP contribution in [-0.2, 0) is 0 Å². The smallest absolute Gasteiger partial charge is 0.250 e. The molecular formula is C20H20FN5O. The molecule has 1 saturated heterocycles. The fraction of sp³-hybridized carbons (Fsp3) is 0.250. The molecule has 7 heteroatoms. The number of nitrogens with two attached hydrogens (primary N) is 1. The van der Waals surface area contributed by atoms with Crippen molar-refractivity contribution in [3.63, 3.8) is 0 Å². The van der Waals surface area contributed by atoms with E-state index in [0.29, 0.717) is 23.4 Å². The summed E-state index contributed by atoms with van der Waals surface area (Å²) < 4.78 is 13.7. The molecule has 1 amide bonds. The lowest BCUT2D eigenvalue weighted by Gasteiger charge is -2.39. The number of benzene rings is 2. The van der Waals surface area contributed by atoms with Crippen molar-refractivity contribution in [3.8, 4) is 0 Å². The molecule has 0 saturated carbocycles. The van der Waals surface area contributed by atoms with Gasteiger partial charge in [0.25, 0.3) is 5.91 Å². The van der Waals surface area contributed by atoms with Gasteiger partial charge in [-0.2, -0.15) is 0 Å². The van der Waals surface area contributed by atoms with Crippen molar-refractivity contribution >= 4 is 22.6 Å². The van der Waals surface area contributed by atoms with Crippen LogP contribution in [0, 0.1) is 5.82 Å². The highest BCUT2D eigenvalue weighted by Crippen LogP contribution is 2.28. The Kier molecular flexibility index (Phi) is 4.68. The van der Waals surface area contributed by atoms with Crippen LogP contribution >= 0.6 is 0 Å². The Bertz CT molecular complexity index is 989. The molecule has 0 radical (unpaired) electrons. The number of hydrogen-bond acceptors (Lipinski definition) is 5. The van der Waals surface area contributed by atoms with Crippen LogP contribution in [0.15, 0.2) is 48.8 Å². The molecule has 0 aliphatic carbocycles. The zero-order chi connectivity index (χ0) is 18.8. The van der Waals surface area contributed by atoms with Gasteiger partial charge in [-0.1, -0.05) is 18.2 Å². The molecule has 3 aromatic rings. The maximum Gasteiger partial charge on any atom is 0.250 e. The standard InChI is InChI=1S/C20H20FN5O/c21-14-5-1-4-13(10-14)17(26-8-3-9-26)11-23-20-16-7-2-6-15(19(22)27)18(16)24-12-25-20/h1-2,4-7,10,12,17H,3,8-9,11H2,(H2,22,27)(H,23,24,25)/t17-/m1/s1. The van der Waals surface area contributed by atoms with E-state index in [1.165, 1.54) is 12.4 Å². The molecule has 27 heavy (non-hydrogen) atoms. The number of carbonyl (C=O) groups is 1. The highest BCUT2D eigenvalue weighted by molar-refractivity contribution is 6.06. The molecule has 1 fully saturated rings. The molecule has 0 spiro atoms. The predicted octanol–water partition coefficient (Wildman–Crippen LogP) is 2.73. The first-order valence-corrected chi connectivity index (χ1v) is 8.90. The van der Waals surface area contributed by atoms with Gasteiger partial charge in [0, 0.05) is 25.0 Å². The van der Waals surface area contributed by atoms with E-state index in [2.05, 4.69) is 20.2 Å². The van der Waals surface area contributed by atoms with Crippen LogP contribution in [-0.4, -0.2) is 40.4 Å². The quantitative estimate of drug-likeness (QED) is 0.702. The third kappa shape index (κ3) is 3.46. The summed E-state index contributed by atoms with van der Waals surface area (Å²) in [4.78, 5) is 22.5. The van der Waals surface area contributed by atoms with Gasteiger partial charge in [-0.15, -0.1) is 0 Å². The van der Waals surface area contributed by atoms with Gasteiger partial charge < -0.3 is 11.1 Å². The Balaban J connectivity index is 1.63. The van der Waals surface area contributed by atoms with E-state index in [-0.39, 0.29) is 11.9 Å². The predicted molar refractivity (Wildman–Crippen MR) is 102 cm³/mol. The van der Waals surface area contributed by atoms with Gasteiger partial charge >= 0.3 is 0 Å². The van der Waals surface area contributed by atoms with Crippen LogP contribution in [0.2, 0.25) is 0 Å². The van der Waals surface area contributed by atoms with Crippen LogP contribution in [0.1, 0.15) is 28.4 Å². The highest BCUT2D eigenvalue weighted by atomic mass is 19.1. The number of amides is 1. The second-order valence-electron chi connectivity index (χ2n) is 6.63. The summed E-state index contributed by atoms with van der Waals surface area (Å²) in [6.45, 7) is 2.54. The molecule has 1 aliphatic heterocycles. The molecule has 2 aromatic carbocycles. The number of fused-ring (bicyclic) bond motifs is 1. The number of likely N-dealkylation sites (tertiary alicyclic amines) is 1. The maximum absolute atomic E-state index is 13.7. The maximum atomic E-state index is 13.7. The summed E-state index contributed by atoms with van der Waals surface area (Å²) in [6.07, 6.45) is 2.56. The molecule has 0 bridgehead atoms. The summed E-state index contributed by atoms with van der Waals surface area (Å²) in [7, 11) is 0. The fourth-order valence-electron chi connectivity index (χ4n) is 3.44. The van der Waals surface area contributed by atoms with Crippen molar-refractivity contribution in [2.75, 3.05) is 25.0 Å². The monoisotopic (exact) mass is 365 g/mol. The summed E-state index contributed by atoms with van der Waals surface area (Å²) in [5.41, 5.74) is 7.26. The van der Waals surface area contributed by atoms with Gasteiger partial charge in [0.15, 0.2) is 0 Å². The first-order chi connectivity index (χ1) is 13.1. The van der Waals surface area contributed by atoms with E-state index in [0.717, 1.165) is 30.5 Å². The third-order valence-electron chi connectivity index (χ3n) is 4.96. The van der Waals surface area contributed by atoms with Crippen molar-refractivity contribution in [2.24, 2.45) is 5.73 Å². The zero-order valence-electron chi connectivity index (χ0n) is 14.7. The van der Waals surface area contributed by atoms with Crippen LogP contribution in [0.25, 0.3) is 10.9 Å². The number of anilines is 1. The Hall–Kier alpha value is -3.06. The van der Waals surface area contributed by atoms with Crippen LogP contribution < -0.4 is 11.1 Å². The van der Waals surface area contributed by atoms with E-state index in [9.17, 15) is 9.18 Å². The van der Waals surface area contributed by atoms with Crippen LogP contribution in [0.5, 0.6) is 0 Å². The molecular weight excluding hydrogens is 345 g/mol. The minimum Gasteiger partial charge on any atom is -0.368 e. The molecule has 138 valence electrons. The van der Waals surface area contributed by atoms with E-state index >= 15 is 0 Å². The van der Waals surface area contributed by atoms with Crippen LogP contribution in [0.3, 0.4) is 0 Å². The van der Waals surface area contributed by atoms with Gasteiger partial charge in [-0.25, -0.2) is 14.4 Å². The highest BCUT2D eigenvalue weighted by Gasteiger charge is 2.26. The average Bonchev–Trinajstić information content (AvgIpc) is 2.62. The molecule has 3 N–H and O–H groups in total. The lowest BCUT2D eigenvalue weighted by Crippen LogP contribution is -2.43. The summed E-state index contributed by atoms with van der Waals surface area (Å²) >= 11 is 0. The normalized spacial score (nSPS) is 15.3. The van der Waals surface area contributed by atoms with Crippen LogP contribution in [0.4, 0.5) is 10.2 Å². The van der Waals surface area contributed by atoms with E-state index in [1.807, 2.05) is 12.1 Å². The molecule has 6 nitrogen and oxygen atoms in total. The number of nitrogens with one attached hydrogen (secondary N) is 1. The van der Waals surface area contributed by atoms with Crippen molar-refractivity contribution in [3.05, 3.63) is 65.7 Å². The minimum atomic E-state index is -0.525. The number of para-hydroxylation sites is 1. The van der Waals surface area contributed by atoms with Crippen molar-refractivity contribution < 1.29 is 9.18 Å². The number of halogens is 1. The Morgan fingerprint density at radius 3 is 2.74 bits per heavy atom. The number of aromatic nitrogens is 2. The molecule has 2 heterocycles. The lowest BCUT2D eigenvalue weighted by molar-refractivity contribution is 0.100. The molecule has 1 aromatic heterocycles. The van der Waals surface area contributed by atoms with Gasteiger partial charge in [0.05, 0.1) is 17.1 Å². The molecule has 4 rings (SSSR count). The van der Waals surface area contributed by atoms with Crippen molar-refractivity contribution in [1.82, 2.24) is 14.9 Å². The zero-order valence-corrected chi connectivity index (χ0v) is 14.7. The van der Waals surface area contributed by atoms with Crippen molar-refractivity contribution in [1.29, 1.82) is 0 Å². The number of rotatable bonds is 6. The summed E-state index contributed by atoms with van der Waals surface area (Å²) in [6, 6.07) is 12.0. The van der Waals surface area contributed by atoms with Crippen molar-refractivity contribution in [2.45, 2.75) is 12.5 Å². The van der Waals surface area contributed by atoms with E-state index in [1.54, 1.807) is 24.3 Å². The van der Waals surface area contributed by atoms with E-state index in [4.69, 9.17) is 5.73 Å². The first kappa shape index (κ1) is 17.4. The first-order valence-electron chi connectivity index (χ1n) is 8.90.